The molecular weight excluding hydrogens is 350 g/mol. The molecule has 1 saturated heterocycles. The number of hydrogen-bond donors (Lipinski definition) is 1. The fourth-order valence-electron chi connectivity index (χ4n) is 3.37. The zero-order valence-corrected chi connectivity index (χ0v) is 15.2. The lowest BCUT2D eigenvalue weighted by Crippen LogP contribution is -2.43. The van der Waals surface area contributed by atoms with Crippen molar-refractivity contribution in [2.45, 2.75) is 12.5 Å². The largest absolute Gasteiger partial charge is 0.508 e. The van der Waals surface area contributed by atoms with Gasteiger partial charge in [0.1, 0.15) is 5.75 Å². The highest BCUT2D eigenvalue weighted by molar-refractivity contribution is 7.12. The fraction of sp³-hybridized carbons (Fsp3) is 0.368. The van der Waals surface area contributed by atoms with Crippen LogP contribution in [0.3, 0.4) is 0 Å². The van der Waals surface area contributed by atoms with E-state index < -0.39 is 0 Å². The highest BCUT2D eigenvalue weighted by Crippen LogP contribution is 2.37. The van der Waals surface area contributed by atoms with Crippen molar-refractivity contribution in [3.63, 3.8) is 0 Å². The van der Waals surface area contributed by atoms with Gasteiger partial charge in [-0.15, -0.1) is 11.3 Å². The first kappa shape index (κ1) is 17.2. The summed E-state index contributed by atoms with van der Waals surface area (Å²) in [5.41, 5.74) is 1.63. The van der Waals surface area contributed by atoms with E-state index in [1.807, 2.05) is 29.6 Å². The number of carbonyl (C=O) groups excluding carboxylic acids is 1. The molecule has 0 radical (unpaired) electrons. The molecule has 0 spiro atoms. The van der Waals surface area contributed by atoms with E-state index in [1.165, 1.54) is 0 Å². The van der Waals surface area contributed by atoms with E-state index in [4.69, 9.17) is 4.74 Å². The van der Waals surface area contributed by atoms with Crippen LogP contribution in [0.25, 0.3) is 0 Å². The number of hydrogen-bond acceptors (Lipinski definition) is 6. The molecule has 2 aliphatic rings. The van der Waals surface area contributed by atoms with Crippen LogP contribution in [0.15, 0.2) is 46.9 Å². The lowest BCUT2D eigenvalue weighted by atomic mass is 10.00. The van der Waals surface area contributed by atoms with Gasteiger partial charge in [-0.25, -0.2) is 5.01 Å². The first-order valence-electron chi connectivity index (χ1n) is 8.74. The monoisotopic (exact) mass is 371 g/mol. The Morgan fingerprint density at radius 2 is 2.04 bits per heavy atom. The predicted molar refractivity (Wildman–Crippen MR) is 100 cm³/mol. The Labute approximate surface area is 156 Å². The van der Waals surface area contributed by atoms with E-state index in [2.05, 4.69) is 10.0 Å². The van der Waals surface area contributed by atoms with Gasteiger partial charge in [0.05, 0.1) is 36.4 Å². The van der Waals surface area contributed by atoms with Gasteiger partial charge in [0.25, 0.3) is 5.91 Å². The molecule has 2 aliphatic heterocycles. The lowest BCUT2D eigenvalue weighted by molar-refractivity contribution is -0.135. The minimum absolute atomic E-state index is 0.0493. The van der Waals surface area contributed by atoms with Gasteiger partial charge in [0.15, 0.2) is 0 Å². The number of rotatable bonds is 4. The zero-order chi connectivity index (χ0) is 17.9. The normalized spacial score (nSPS) is 21.0. The summed E-state index contributed by atoms with van der Waals surface area (Å²) in [5.74, 6) is 0.149. The molecular formula is C19H21N3O3S. The van der Waals surface area contributed by atoms with E-state index >= 15 is 0 Å². The zero-order valence-electron chi connectivity index (χ0n) is 14.4. The molecule has 2 aromatic rings. The third-order valence-corrected chi connectivity index (χ3v) is 5.65. The summed E-state index contributed by atoms with van der Waals surface area (Å²) in [7, 11) is 0. The number of aromatic hydroxyl groups is 1. The van der Waals surface area contributed by atoms with Crippen molar-refractivity contribution < 1.29 is 14.6 Å². The van der Waals surface area contributed by atoms with Crippen LogP contribution in [0.1, 0.15) is 22.9 Å². The molecule has 26 heavy (non-hydrogen) atoms. The Bertz CT molecular complexity index is 800. The SMILES string of the molecule is O=C(CN1CCOCC1)N1N=C(c2cccs2)C[C@@H]1c1ccccc1O. The van der Waals surface area contributed by atoms with Gasteiger partial charge in [0.2, 0.25) is 0 Å². The lowest BCUT2D eigenvalue weighted by Gasteiger charge is -2.29. The Balaban J connectivity index is 1.60. The average Bonchev–Trinajstić information content (AvgIpc) is 3.33. The topological polar surface area (TPSA) is 65.4 Å². The van der Waals surface area contributed by atoms with Crippen molar-refractivity contribution in [2.75, 3.05) is 32.8 Å². The molecule has 1 fully saturated rings. The highest BCUT2D eigenvalue weighted by Gasteiger charge is 2.35. The van der Waals surface area contributed by atoms with E-state index in [0.717, 1.165) is 29.2 Å². The van der Waals surface area contributed by atoms with Gasteiger partial charge in [-0.2, -0.15) is 5.10 Å². The smallest absolute Gasteiger partial charge is 0.257 e. The molecule has 136 valence electrons. The van der Waals surface area contributed by atoms with Crippen LogP contribution in [-0.4, -0.2) is 59.5 Å². The Hall–Kier alpha value is -2.22. The first-order valence-corrected chi connectivity index (χ1v) is 9.62. The van der Waals surface area contributed by atoms with Gasteiger partial charge in [0, 0.05) is 25.1 Å². The molecule has 1 amide bonds. The van der Waals surface area contributed by atoms with Gasteiger partial charge >= 0.3 is 0 Å². The Morgan fingerprint density at radius 1 is 1.23 bits per heavy atom. The van der Waals surface area contributed by atoms with Crippen LogP contribution in [0.4, 0.5) is 0 Å². The summed E-state index contributed by atoms with van der Waals surface area (Å²) in [6, 6.07) is 10.9. The summed E-state index contributed by atoms with van der Waals surface area (Å²) in [6.45, 7) is 3.12. The van der Waals surface area contributed by atoms with Gasteiger partial charge < -0.3 is 9.84 Å². The molecule has 1 aromatic carbocycles. The van der Waals surface area contributed by atoms with Crippen LogP contribution < -0.4 is 0 Å². The number of amides is 1. The number of para-hydroxylation sites is 1. The van der Waals surface area contributed by atoms with E-state index in [-0.39, 0.29) is 17.7 Å². The van der Waals surface area contributed by atoms with Crippen molar-refractivity contribution in [3.8, 4) is 5.75 Å². The Kier molecular flexibility index (Phi) is 5.01. The van der Waals surface area contributed by atoms with Crippen LogP contribution in [0, 0.1) is 0 Å². The highest BCUT2D eigenvalue weighted by atomic mass is 32.1. The van der Waals surface area contributed by atoms with Crippen LogP contribution in [0.2, 0.25) is 0 Å². The number of hydrazone groups is 1. The number of phenolic OH excluding ortho intramolecular Hbond substituents is 1. The van der Waals surface area contributed by atoms with Crippen LogP contribution in [-0.2, 0) is 9.53 Å². The average molecular weight is 371 g/mol. The molecule has 0 bridgehead atoms. The van der Waals surface area contributed by atoms with E-state index in [9.17, 15) is 9.90 Å². The van der Waals surface area contributed by atoms with Crippen LogP contribution >= 0.6 is 11.3 Å². The molecule has 1 atom stereocenters. The standard InChI is InChI=1S/C19H21N3O3S/c23-17-5-2-1-4-14(17)16-12-15(18-6-3-11-26-18)20-22(16)19(24)13-21-7-9-25-10-8-21/h1-6,11,16,23H,7-10,12-13H2/t16-/m1/s1. The van der Waals surface area contributed by atoms with Gasteiger partial charge in [-0.05, 0) is 17.5 Å². The van der Waals surface area contributed by atoms with Gasteiger partial charge in [-0.3, -0.25) is 9.69 Å². The molecule has 0 unspecified atom stereocenters. The van der Waals surface area contributed by atoms with Gasteiger partial charge in [-0.1, -0.05) is 24.3 Å². The predicted octanol–water partition coefficient (Wildman–Crippen LogP) is 2.46. The van der Waals surface area contributed by atoms with Crippen molar-refractivity contribution in [1.29, 1.82) is 0 Å². The summed E-state index contributed by atoms with van der Waals surface area (Å²) < 4.78 is 5.35. The third kappa shape index (κ3) is 3.51. The number of ether oxygens (including phenoxy) is 1. The first-order chi connectivity index (χ1) is 12.7. The minimum Gasteiger partial charge on any atom is -0.508 e. The number of nitrogens with zero attached hydrogens (tertiary/aromatic N) is 3. The second-order valence-corrected chi connectivity index (χ2v) is 7.38. The van der Waals surface area contributed by atoms with Crippen LogP contribution in [0.5, 0.6) is 5.75 Å². The maximum absolute atomic E-state index is 13.0. The maximum atomic E-state index is 13.0. The third-order valence-electron chi connectivity index (χ3n) is 4.73. The fourth-order valence-corrected chi connectivity index (χ4v) is 4.09. The number of carbonyl (C=O) groups is 1. The van der Waals surface area contributed by atoms with E-state index in [1.54, 1.807) is 28.5 Å². The summed E-state index contributed by atoms with van der Waals surface area (Å²) in [5, 5.41) is 18.5. The number of benzene rings is 1. The second-order valence-electron chi connectivity index (χ2n) is 6.43. The molecule has 7 heteroatoms. The minimum atomic E-state index is -0.276. The summed E-state index contributed by atoms with van der Waals surface area (Å²) in [6.07, 6.45) is 0.604. The van der Waals surface area contributed by atoms with Crippen molar-refractivity contribution in [1.82, 2.24) is 9.91 Å². The number of thiophene rings is 1. The molecule has 1 N–H and O–H groups in total. The quantitative estimate of drug-likeness (QED) is 0.897. The molecule has 0 aliphatic carbocycles. The van der Waals surface area contributed by atoms with E-state index in [0.29, 0.717) is 26.2 Å². The van der Waals surface area contributed by atoms with Crippen molar-refractivity contribution in [3.05, 3.63) is 52.2 Å². The molecule has 1 aromatic heterocycles. The number of phenols is 1. The van der Waals surface area contributed by atoms with Crippen molar-refractivity contribution in [2.24, 2.45) is 5.10 Å². The maximum Gasteiger partial charge on any atom is 0.257 e. The van der Waals surface area contributed by atoms with Crippen molar-refractivity contribution >= 4 is 23.0 Å². The Morgan fingerprint density at radius 3 is 2.77 bits per heavy atom. The molecule has 6 nitrogen and oxygen atoms in total. The number of morpholine rings is 1. The second kappa shape index (κ2) is 7.57. The molecule has 3 heterocycles. The molecule has 4 rings (SSSR count). The molecule has 0 saturated carbocycles. The summed E-state index contributed by atoms with van der Waals surface area (Å²) in [4.78, 5) is 16.1. The summed E-state index contributed by atoms with van der Waals surface area (Å²) >= 11 is 1.61.